The predicted molar refractivity (Wildman–Crippen MR) is 42.3 cm³/mol. The van der Waals surface area contributed by atoms with Crippen LogP contribution in [0.4, 0.5) is 0 Å². The van der Waals surface area contributed by atoms with E-state index in [9.17, 15) is 9.59 Å². The molecule has 0 spiro atoms. The van der Waals surface area contributed by atoms with E-state index < -0.39 is 17.9 Å². The normalized spacial score (nSPS) is 12.2. The van der Waals surface area contributed by atoms with E-state index in [1.807, 2.05) is 0 Å². The van der Waals surface area contributed by atoms with Crippen LogP contribution >= 0.6 is 0 Å². The van der Waals surface area contributed by atoms with Crippen molar-refractivity contribution >= 4 is 11.9 Å². The molecule has 6 heteroatoms. The Balaban J connectivity index is 3.69. The quantitative estimate of drug-likeness (QED) is 0.380. The number of nitrogens with two attached hydrogens (primary N) is 2. The Labute approximate surface area is 69.9 Å². The molecule has 0 saturated heterocycles. The molecular formula is C6H13N3O3. The van der Waals surface area contributed by atoms with Crippen LogP contribution in [0.15, 0.2) is 0 Å². The number of hydrogen-bond acceptors (Lipinski definition) is 4. The molecule has 0 rings (SSSR count). The molecule has 12 heavy (non-hydrogen) atoms. The van der Waals surface area contributed by atoms with Crippen LogP contribution in [-0.2, 0) is 9.59 Å². The van der Waals surface area contributed by atoms with Gasteiger partial charge in [0, 0.05) is 13.1 Å². The van der Waals surface area contributed by atoms with Gasteiger partial charge < -0.3 is 21.9 Å². The van der Waals surface area contributed by atoms with Crippen LogP contribution in [-0.4, -0.2) is 36.1 Å². The number of carboxylic acids is 1. The van der Waals surface area contributed by atoms with Crippen LogP contribution in [0.2, 0.25) is 0 Å². The van der Waals surface area contributed by atoms with Gasteiger partial charge in [0.05, 0.1) is 12.5 Å². The highest BCUT2D eigenvalue weighted by Crippen LogP contribution is 1.87. The molecule has 6 nitrogen and oxygen atoms in total. The highest BCUT2D eigenvalue weighted by Gasteiger charge is 2.15. The molecule has 6 N–H and O–H groups in total. The molecule has 1 amide bonds. The molecule has 0 aliphatic heterocycles. The van der Waals surface area contributed by atoms with E-state index in [2.05, 4.69) is 5.32 Å². The summed E-state index contributed by atoms with van der Waals surface area (Å²) in [6, 6.07) is -0.992. The molecule has 0 bridgehead atoms. The van der Waals surface area contributed by atoms with E-state index in [1.165, 1.54) is 0 Å². The van der Waals surface area contributed by atoms with Gasteiger partial charge in [0.2, 0.25) is 5.91 Å². The molecule has 0 aliphatic carbocycles. The molecule has 0 aromatic carbocycles. The number of carboxylic acid groups (broad SMARTS) is 1. The Morgan fingerprint density at radius 3 is 2.50 bits per heavy atom. The van der Waals surface area contributed by atoms with Crippen LogP contribution < -0.4 is 16.8 Å². The number of rotatable bonds is 5. The first-order chi connectivity index (χ1) is 5.57. The molecule has 0 aliphatic rings. The van der Waals surface area contributed by atoms with Gasteiger partial charge in [-0.2, -0.15) is 0 Å². The lowest BCUT2D eigenvalue weighted by Crippen LogP contribution is -2.43. The van der Waals surface area contributed by atoms with E-state index >= 15 is 0 Å². The molecule has 0 saturated carbocycles. The summed E-state index contributed by atoms with van der Waals surface area (Å²) in [5.74, 6) is -1.58. The summed E-state index contributed by atoms with van der Waals surface area (Å²) in [6.07, 6.45) is -0.365. The van der Waals surface area contributed by atoms with Gasteiger partial charge in [-0.25, -0.2) is 0 Å². The van der Waals surface area contributed by atoms with Crippen molar-refractivity contribution in [2.24, 2.45) is 11.5 Å². The fourth-order valence-corrected chi connectivity index (χ4v) is 0.607. The topological polar surface area (TPSA) is 118 Å². The van der Waals surface area contributed by atoms with E-state index in [4.69, 9.17) is 16.6 Å². The molecule has 70 valence electrons. The minimum Gasteiger partial charge on any atom is -0.481 e. The third-order valence-corrected chi connectivity index (χ3v) is 1.17. The minimum absolute atomic E-state index is 0.311. The second kappa shape index (κ2) is 5.50. The first kappa shape index (κ1) is 10.9. The van der Waals surface area contributed by atoms with Gasteiger partial charge in [0.1, 0.15) is 0 Å². The van der Waals surface area contributed by atoms with Gasteiger partial charge in [0.15, 0.2) is 0 Å². The second-order valence-corrected chi connectivity index (χ2v) is 2.28. The molecule has 1 atom stereocenters. The first-order valence-corrected chi connectivity index (χ1v) is 3.53. The molecular weight excluding hydrogens is 162 g/mol. The van der Waals surface area contributed by atoms with Crippen molar-refractivity contribution in [1.29, 1.82) is 0 Å². The van der Waals surface area contributed by atoms with Crippen LogP contribution in [0.3, 0.4) is 0 Å². The number of carbonyl (C=O) groups is 2. The zero-order valence-electron chi connectivity index (χ0n) is 6.62. The molecule has 0 fully saturated rings. The Hall–Kier alpha value is -1.14. The van der Waals surface area contributed by atoms with E-state index in [0.29, 0.717) is 13.1 Å². The Morgan fingerprint density at radius 1 is 1.50 bits per heavy atom. The van der Waals surface area contributed by atoms with Crippen molar-refractivity contribution in [1.82, 2.24) is 5.32 Å². The van der Waals surface area contributed by atoms with Crippen LogP contribution in [0, 0.1) is 0 Å². The van der Waals surface area contributed by atoms with Crippen molar-refractivity contribution in [3.63, 3.8) is 0 Å². The largest absolute Gasteiger partial charge is 0.481 e. The summed E-state index contributed by atoms with van der Waals surface area (Å²) < 4.78 is 0. The third-order valence-electron chi connectivity index (χ3n) is 1.17. The SMILES string of the molecule is NCCNC(=O)[C@@H](N)CC(=O)O. The fourth-order valence-electron chi connectivity index (χ4n) is 0.607. The van der Waals surface area contributed by atoms with Crippen molar-refractivity contribution in [2.45, 2.75) is 12.5 Å². The lowest BCUT2D eigenvalue weighted by atomic mass is 10.2. The second-order valence-electron chi connectivity index (χ2n) is 2.28. The van der Waals surface area contributed by atoms with Gasteiger partial charge in [0.25, 0.3) is 0 Å². The van der Waals surface area contributed by atoms with Crippen LogP contribution in [0.25, 0.3) is 0 Å². The molecule has 0 radical (unpaired) electrons. The maximum Gasteiger partial charge on any atom is 0.305 e. The zero-order chi connectivity index (χ0) is 9.56. The Morgan fingerprint density at radius 2 is 2.08 bits per heavy atom. The third kappa shape index (κ3) is 4.64. The van der Waals surface area contributed by atoms with Crippen molar-refractivity contribution in [3.8, 4) is 0 Å². The number of aliphatic carboxylic acids is 1. The summed E-state index contributed by atoms with van der Waals surface area (Å²) in [5, 5.41) is 10.7. The number of amides is 1. The fraction of sp³-hybridized carbons (Fsp3) is 0.667. The zero-order valence-corrected chi connectivity index (χ0v) is 6.62. The summed E-state index contributed by atoms with van der Waals surface area (Å²) in [6.45, 7) is 0.623. The van der Waals surface area contributed by atoms with E-state index in [1.54, 1.807) is 0 Å². The molecule has 0 heterocycles. The van der Waals surface area contributed by atoms with E-state index in [0.717, 1.165) is 0 Å². The van der Waals surface area contributed by atoms with Crippen LogP contribution in [0.5, 0.6) is 0 Å². The Bertz CT molecular complexity index is 171. The van der Waals surface area contributed by atoms with Crippen molar-refractivity contribution < 1.29 is 14.7 Å². The highest BCUT2D eigenvalue weighted by atomic mass is 16.4. The highest BCUT2D eigenvalue weighted by molar-refractivity contribution is 5.85. The number of hydrogen-bond donors (Lipinski definition) is 4. The minimum atomic E-state index is -1.09. The summed E-state index contributed by atoms with van der Waals surface area (Å²) in [7, 11) is 0. The monoisotopic (exact) mass is 175 g/mol. The summed E-state index contributed by atoms with van der Waals surface area (Å²) >= 11 is 0. The lowest BCUT2D eigenvalue weighted by molar-refractivity contribution is -0.139. The maximum absolute atomic E-state index is 10.9. The maximum atomic E-state index is 10.9. The van der Waals surface area contributed by atoms with Gasteiger partial charge >= 0.3 is 5.97 Å². The van der Waals surface area contributed by atoms with Gasteiger partial charge in [-0.15, -0.1) is 0 Å². The summed E-state index contributed by atoms with van der Waals surface area (Å²) in [4.78, 5) is 21.0. The average Bonchev–Trinajstić information content (AvgIpc) is 1.98. The first-order valence-electron chi connectivity index (χ1n) is 3.53. The van der Waals surface area contributed by atoms with Crippen molar-refractivity contribution in [2.75, 3.05) is 13.1 Å². The summed E-state index contributed by atoms with van der Waals surface area (Å²) in [5.41, 5.74) is 10.3. The molecule has 0 unspecified atom stereocenters. The van der Waals surface area contributed by atoms with Crippen molar-refractivity contribution in [3.05, 3.63) is 0 Å². The average molecular weight is 175 g/mol. The number of carbonyl (C=O) groups excluding carboxylic acids is 1. The predicted octanol–water partition coefficient (Wildman–Crippen LogP) is -2.14. The van der Waals surface area contributed by atoms with Gasteiger partial charge in [-0.05, 0) is 0 Å². The van der Waals surface area contributed by atoms with Crippen LogP contribution in [0.1, 0.15) is 6.42 Å². The lowest BCUT2D eigenvalue weighted by Gasteiger charge is -2.08. The molecule has 0 aromatic rings. The smallest absolute Gasteiger partial charge is 0.305 e. The van der Waals surface area contributed by atoms with Gasteiger partial charge in [-0.3, -0.25) is 9.59 Å². The number of nitrogens with one attached hydrogen (secondary N) is 1. The van der Waals surface area contributed by atoms with E-state index in [-0.39, 0.29) is 6.42 Å². The molecule has 0 aromatic heterocycles. The van der Waals surface area contributed by atoms with Gasteiger partial charge in [-0.1, -0.05) is 0 Å². The standard InChI is InChI=1S/C6H13N3O3/c7-1-2-9-6(12)4(8)3-5(10)11/h4H,1-3,7-8H2,(H,9,12)(H,10,11)/t4-/m0/s1. The Kier molecular flexibility index (Phi) is 4.98.